The van der Waals surface area contributed by atoms with E-state index in [1.54, 1.807) is 7.11 Å². The number of imide groups is 1. The van der Waals surface area contributed by atoms with E-state index in [9.17, 15) is 14.4 Å². The molecule has 0 radical (unpaired) electrons. The fraction of sp³-hybridized carbons (Fsp3) is 0.464. The van der Waals surface area contributed by atoms with E-state index in [0.29, 0.717) is 37.7 Å². The van der Waals surface area contributed by atoms with Crippen molar-refractivity contribution in [2.75, 3.05) is 32.2 Å². The summed E-state index contributed by atoms with van der Waals surface area (Å²) in [5.41, 5.74) is 2.59. The van der Waals surface area contributed by atoms with E-state index in [1.165, 1.54) is 10.5 Å². The van der Waals surface area contributed by atoms with Crippen LogP contribution in [0.2, 0.25) is 0 Å². The lowest BCUT2D eigenvalue weighted by Gasteiger charge is -2.39. The molecule has 2 saturated heterocycles. The Morgan fingerprint density at radius 2 is 1.78 bits per heavy atom. The smallest absolute Gasteiger partial charge is 0.324 e. The third-order valence-electron chi connectivity index (χ3n) is 7.24. The number of nitrogens with zero attached hydrogens (tertiary/aromatic N) is 1. The Labute approximate surface area is 212 Å². The predicted molar refractivity (Wildman–Crippen MR) is 137 cm³/mol. The summed E-state index contributed by atoms with van der Waals surface area (Å²) in [6, 6.07) is 14.4. The van der Waals surface area contributed by atoms with Gasteiger partial charge in [0.1, 0.15) is 11.8 Å². The zero-order valence-corrected chi connectivity index (χ0v) is 21.2. The Morgan fingerprint density at radius 3 is 2.39 bits per heavy atom. The van der Waals surface area contributed by atoms with Crippen LogP contribution in [0.1, 0.15) is 56.6 Å². The van der Waals surface area contributed by atoms with E-state index in [0.717, 1.165) is 11.3 Å². The van der Waals surface area contributed by atoms with Crippen LogP contribution in [0.3, 0.4) is 0 Å². The molecule has 192 valence electrons. The number of urea groups is 1. The maximum Gasteiger partial charge on any atom is 0.324 e. The molecule has 8 heteroatoms. The molecular formula is C28H35N3O5. The number of amides is 4. The summed E-state index contributed by atoms with van der Waals surface area (Å²) in [5.74, 6) is 0.699. The number of hydrogen-bond donors (Lipinski definition) is 2. The highest BCUT2D eigenvalue weighted by atomic mass is 16.5. The lowest BCUT2D eigenvalue weighted by Crippen LogP contribution is -2.47. The van der Waals surface area contributed by atoms with Gasteiger partial charge in [-0.1, -0.05) is 38.1 Å². The van der Waals surface area contributed by atoms with E-state index >= 15 is 0 Å². The Balaban J connectivity index is 1.38. The molecule has 36 heavy (non-hydrogen) atoms. The van der Waals surface area contributed by atoms with Crippen LogP contribution < -0.4 is 15.4 Å². The van der Waals surface area contributed by atoms with Gasteiger partial charge >= 0.3 is 6.03 Å². The molecule has 2 heterocycles. The van der Waals surface area contributed by atoms with Crippen LogP contribution in [0.25, 0.3) is 0 Å². The third kappa shape index (κ3) is 5.70. The minimum absolute atomic E-state index is 0.133. The van der Waals surface area contributed by atoms with Crippen LogP contribution in [0.15, 0.2) is 48.5 Å². The highest BCUT2D eigenvalue weighted by Gasteiger charge is 2.44. The molecule has 0 spiro atoms. The quantitative estimate of drug-likeness (QED) is 0.510. The molecule has 1 atom stereocenters. The Bertz CT molecular complexity index is 1080. The molecule has 0 aliphatic carbocycles. The fourth-order valence-corrected chi connectivity index (χ4v) is 4.92. The van der Waals surface area contributed by atoms with Crippen LogP contribution in [0, 0.1) is 0 Å². The zero-order valence-electron chi connectivity index (χ0n) is 21.2. The SMILES string of the molecule is COc1ccc(C2(CN3C(=O)NC(CCC(=O)Nc4ccc(C(C)C)cc4)C3=O)CCOCC2)cc1. The standard InChI is InChI=1S/C28H35N3O5/c1-19(2)20-4-8-22(9-5-20)29-25(32)13-12-24-26(33)31(27(34)30-24)18-28(14-16-36-17-15-28)21-6-10-23(35-3)11-7-21/h4-11,19,24H,12-18H2,1-3H3,(H,29,32)(H,30,34). The van der Waals surface area contributed by atoms with Gasteiger partial charge in [-0.3, -0.25) is 14.5 Å². The number of ether oxygens (including phenoxy) is 2. The molecule has 2 aliphatic rings. The van der Waals surface area contributed by atoms with E-state index in [-0.39, 0.29) is 36.6 Å². The summed E-state index contributed by atoms with van der Waals surface area (Å²) in [7, 11) is 1.62. The Morgan fingerprint density at radius 1 is 1.11 bits per heavy atom. The van der Waals surface area contributed by atoms with Crippen molar-refractivity contribution < 1.29 is 23.9 Å². The second-order valence-electron chi connectivity index (χ2n) is 9.91. The first-order chi connectivity index (χ1) is 17.3. The van der Waals surface area contributed by atoms with Gasteiger partial charge in [0.05, 0.1) is 7.11 Å². The molecule has 4 rings (SSSR count). The Hall–Kier alpha value is -3.39. The number of carbonyl (C=O) groups is 3. The molecule has 2 N–H and O–H groups in total. The van der Waals surface area contributed by atoms with Crippen molar-refractivity contribution in [3.8, 4) is 5.75 Å². The van der Waals surface area contributed by atoms with Crippen molar-refractivity contribution >= 4 is 23.5 Å². The van der Waals surface area contributed by atoms with Crippen molar-refractivity contribution in [1.82, 2.24) is 10.2 Å². The molecule has 0 bridgehead atoms. The second-order valence-corrected chi connectivity index (χ2v) is 9.91. The topological polar surface area (TPSA) is 97.0 Å². The summed E-state index contributed by atoms with van der Waals surface area (Å²) in [5, 5.41) is 5.65. The van der Waals surface area contributed by atoms with Gasteiger partial charge in [0.15, 0.2) is 0 Å². The molecule has 0 saturated carbocycles. The van der Waals surface area contributed by atoms with Gasteiger partial charge in [0, 0.05) is 37.3 Å². The lowest BCUT2D eigenvalue weighted by atomic mass is 9.73. The molecule has 2 fully saturated rings. The van der Waals surface area contributed by atoms with E-state index in [4.69, 9.17) is 9.47 Å². The predicted octanol–water partition coefficient (Wildman–Crippen LogP) is 4.21. The van der Waals surface area contributed by atoms with Crippen molar-refractivity contribution in [1.29, 1.82) is 0 Å². The molecule has 2 aliphatic heterocycles. The summed E-state index contributed by atoms with van der Waals surface area (Å²) >= 11 is 0. The number of methoxy groups -OCH3 is 1. The fourth-order valence-electron chi connectivity index (χ4n) is 4.92. The molecule has 1 unspecified atom stereocenters. The average Bonchev–Trinajstić information content (AvgIpc) is 3.15. The number of anilines is 1. The number of hydrogen-bond acceptors (Lipinski definition) is 5. The first kappa shape index (κ1) is 25.7. The number of rotatable bonds is 9. The molecule has 4 amide bonds. The molecular weight excluding hydrogens is 458 g/mol. The number of nitrogens with one attached hydrogen (secondary N) is 2. The second kappa shape index (κ2) is 11.1. The first-order valence-electron chi connectivity index (χ1n) is 12.6. The monoisotopic (exact) mass is 493 g/mol. The average molecular weight is 494 g/mol. The van der Waals surface area contributed by atoms with Crippen LogP contribution in [-0.2, 0) is 19.7 Å². The van der Waals surface area contributed by atoms with Gasteiger partial charge in [0.25, 0.3) is 5.91 Å². The molecule has 2 aromatic carbocycles. The minimum atomic E-state index is -0.709. The highest BCUT2D eigenvalue weighted by Crippen LogP contribution is 2.37. The van der Waals surface area contributed by atoms with Crippen molar-refractivity contribution in [3.63, 3.8) is 0 Å². The number of benzene rings is 2. The van der Waals surface area contributed by atoms with Gasteiger partial charge in [-0.15, -0.1) is 0 Å². The van der Waals surface area contributed by atoms with Gasteiger partial charge in [0.2, 0.25) is 5.91 Å². The minimum Gasteiger partial charge on any atom is -0.497 e. The molecule has 8 nitrogen and oxygen atoms in total. The first-order valence-corrected chi connectivity index (χ1v) is 12.6. The third-order valence-corrected chi connectivity index (χ3v) is 7.24. The summed E-state index contributed by atoms with van der Waals surface area (Å²) < 4.78 is 10.9. The maximum absolute atomic E-state index is 13.2. The van der Waals surface area contributed by atoms with Crippen LogP contribution in [0.5, 0.6) is 5.75 Å². The molecule has 2 aromatic rings. The van der Waals surface area contributed by atoms with Gasteiger partial charge in [-0.2, -0.15) is 0 Å². The molecule has 0 aromatic heterocycles. The van der Waals surface area contributed by atoms with E-state index < -0.39 is 12.1 Å². The largest absolute Gasteiger partial charge is 0.497 e. The van der Waals surface area contributed by atoms with Crippen molar-refractivity contribution in [2.24, 2.45) is 0 Å². The van der Waals surface area contributed by atoms with Crippen molar-refractivity contribution in [3.05, 3.63) is 59.7 Å². The maximum atomic E-state index is 13.2. The lowest BCUT2D eigenvalue weighted by molar-refractivity contribution is -0.128. The van der Waals surface area contributed by atoms with Crippen LogP contribution >= 0.6 is 0 Å². The van der Waals surface area contributed by atoms with Crippen LogP contribution in [-0.4, -0.2) is 55.7 Å². The van der Waals surface area contributed by atoms with Gasteiger partial charge in [-0.05, 0) is 60.6 Å². The Kier molecular flexibility index (Phi) is 7.94. The highest BCUT2D eigenvalue weighted by molar-refractivity contribution is 6.04. The summed E-state index contributed by atoms with van der Waals surface area (Å²) in [6.45, 7) is 5.64. The van der Waals surface area contributed by atoms with Crippen LogP contribution in [0.4, 0.5) is 10.5 Å². The summed E-state index contributed by atoms with van der Waals surface area (Å²) in [4.78, 5) is 39.8. The van der Waals surface area contributed by atoms with E-state index in [2.05, 4.69) is 24.5 Å². The normalized spacial score (nSPS) is 19.3. The zero-order chi connectivity index (χ0) is 25.7. The van der Waals surface area contributed by atoms with Gasteiger partial charge in [-0.25, -0.2) is 4.79 Å². The van der Waals surface area contributed by atoms with E-state index in [1.807, 2.05) is 48.5 Å². The summed E-state index contributed by atoms with van der Waals surface area (Å²) in [6.07, 6.45) is 1.79. The van der Waals surface area contributed by atoms with Gasteiger partial charge < -0.3 is 20.1 Å². The van der Waals surface area contributed by atoms with Crippen molar-refractivity contribution in [2.45, 2.75) is 56.9 Å². The number of carbonyl (C=O) groups excluding carboxylic acids is 3.